The topological polar surface area (TPSA) is 74.6 Å². The SMILES string of the molecule is O=C(O)c1ccccc1C(=O)O.[Ca+2].[H+]. The van der Waals surface area contributed by atoms with E-state index in [9.17, 15) is 9.59 Å². The van der Waals surface area contributed by atoms with E-state index in [-0.39, 0.29) is 50.3 Å². The first-order chi connectivity index (χ1) is 5.63. The van der Waals surface area contributed by atoms with Gasteiger partial charge in [-0.3, -0.25) is 0 Å². The molecule has 0 atom stereocenters. The van der Waals surface area contributed by atoms with Crippen molar-refractivity contribution < 1.29 is 21.2 Å². The number of carbonyl (C=O) groups is 2. The Balaban J connectivity index is 0. The molecule has 62 valence electrons. The molecule has 0 saturated carbocycles. The molecule has 5 heteroatoms. The fraction of sp³-hybridized carbons (Fsp3) is 0. The van der Waals surface area contributed by atoms with Crippen molar-refractivity contribution in [3.63, 3.8) is 0 Å². The van der Waals surface area contributed by atoms with Gasteiger partial charge < -0.3 is 10.2 Å². The molecule has 1 rings (SSSR count). The standard InChI is InChI=1S/C8H6O4.Ca/c9-7(10)5-3-1-2-4-6(5)8(11)12;/h1-4H,(H,9,10)(H,11,12);/q;+2/p+1. The average molecular weight is 207 g/mol. The maximum atomic E-state index is 10.5. The minimum Gasteiger partial charge on any atom is -0.478 e. The van der Waals surface area contributed by atoms with Crippen molar-refractivity contribution in [2.75, 3.05) is 0 Å². The van der Waals surface area contributed by atoms with Gasteiger partial charge in [0.2, 0.25) is 0 Å². The second kappa shape index (κ2) is 5.21. The molecule has 0 amide bonds. The maximum absolute atomic E-state index is 10.5. The molecule has 13 heavy (non-hydrogen) atoms. The molecule has 0 heterocycles. The van der Waals surface area contributed by atoms with Crippen LogP contribution >= 0.6 is 0 Å². The van der Waals surface area contributed by atoms with Gasteiger partial charge in [0.1, 0.15) is 0 Å². The average Bonchev–Trinajstić information content (AvgIpc) is 2.04. The van der Waals surface area contributed by atoms with E-state index in [1.165, 1.54) is 24.3 Å². The number of benzene rings is 1. The molecular formula is C8H7CaO4+3. The molecule has 0 aliphatic heterocycles. The summed E-state index contributed by atoms with van der Waals surface area (Å²) in [5.74, 6) is -2.46. The summed E-state index contributed by atoms with van der Waals surface area (Å²) in [5, 5.41) is 17.1. The minimum absolute atomic E-state index is 0. The Morgan fingerprint density at radius 2 is 1.31 bits per heavy atom. The van der Waals surface area contributed by atoms with Crippen LogP contribution in [0.1, 0.15) is 22.1 Å². The maximum Gasteiger partial charge on any atom is 2.00 e. The molecule has 2 N–H and O–H groups in total. The van der Waals surface area contributed by atoms with Crippen molar-refractivity contribution in [2.24, 2.45) is 0 Å². The largest absolute Gasteiger partial charge is 2.00 e. The van der Waals surface area contributed by atoms with Crippen LogP contribution in [-0.4, -0.2) is 59.9 Å². The van der Waals surface area contributed by atoms with Crippen LogP contribution in [0, 0.1) is 0 Å². The summed E-state index contributed by atoms with van der Waals surface area (Å²) in [4.78, 5) is 20.9. The third-order valence-corrected chi connectivity index (χ3v) is 1.39. The molecule has 0 aliphatic carbocycles. The zero-order valence-corrected chi connectivity index (χ0v) is 8.94. The quantitative estimate of drug-likeness (QED) is 0.704. The predicted octanol–water partition coefficient (Wildman–Crippen LogP) is 0.815. The summed E-state index contributed by atoms with van der Waals surface area (Å²) in [6, 6.07) is 5.48. The predicted molar refractivity (Wildman–Crippen MR) is 47.2 cm³/mol. The van der Waals surface area contributed by atoms with Crippen LogP contribution in [0.3, 0.4) is 0 Å². The monoisotopic (exact) mass is 207 g/mol. The van der Waals surface area contributed by atoms with E-state index in [0.29, 0.717) is 0 Å². The summed E-state index contributed by atoms with van der Waals surface area (Å²) in [7, 11) is 0. The molecule has 0 saturated heterocycles. The van der Waals surface area contributed by atoms with Crippen LogP contribution in [-0.2, 0) is 0 Å². The van der Waals surface area contributed by atoms with E-state index in [1.54, 1.807) is 0 Å². The van der Waals surface area contributed by atoms with E-state index >= 15 is 0 Å². The number of hydrogen-bond donors (Lipinski definition) is 2. The van der Waals surface area contributed by atoms with Crippen molar-refractivity contribution >= 4 is 49.7 Å². The molecule has 0 spiro atoms. The van der Waals surface area contributed by atoms with E-state index < -0.39 is 11.9 Å². The summed E-state index contributed by atoms with van der Waals surface area (Å²) >= 11 is 0. The van der Waals surface area contributed by atoms with Crippen LogP contribution in [0.5, 0.6) is 0 Å². The normalized spacial score (nSPS) is 8.62. The van der Waals surface area contributed by atoms with Gasteiger partial charge in [0, 0.05) is 0 Å². The molecule has 1 aromatic rings. The third-order valence-electron chi connectivity index (χ3n) is 1.39. The Kier molecular flexibility index (Phi) is 4.98. The van der Waals surface area contributed by atoms with Gasteiger partial charge in [0.25, 0.3) is 0 Å². The Morgan fingerprint density at radius 3 is 1.54 bits per heavy atom. The Hall–Kier alpha value is -0.580. The number of rotatable bonds is 2. The summed E-state index contributed by atoms with van der Waals surface area (Å²) in [6.07, 6.45) is 0. The third kappa shape index (κ3) is 2.99. The van der Waals surface area contributed by atoms with Gasteiger partial charge in [0.15, 0.2) is 0 Å². The number of carboxylic acids is 2. The van der Waals surface area contributed by atoms with Crippen molar-refractivity contribution in [3.8, 4) is 0 Å². The van der Waals surface area contributed by atoms with Crippen molar-refractivity contribution in [3.05, 3.63) is 35.4 Å². The number of hydrogen-bond acceptors (Lipinski definition) is 2. The van der Waals surface area contributed by atoms with Crippen LogP contribution < -0.4 is 0 Å². The molecule has 4 nitrogen and oxygen atoms in total. The molecular weight excluding hydrogens is 200 g/mol. The first kappa shape index (κ1) is 12.4. The molecule has 0 aromatic heterocycles. The second-order valence-corrected chi connectivity index (χ2v) is 2.16. The fourth-order valence-electron chi connectivity index (χ4n) is 0.856. The summed E-state index contributed by atoms with van der Waals surface area (Å²) in [6.45, 7) is 0. The molecule has 1 aromatic carbocycles. The first-order valence-corrected chi connectivity index (χ1v) is 3.18. The Labute approximate surface area is 106 Å². The second-order valence-electron chi connectivity index (χ2n) is 2.16. The molecule has 0 radical (unpaired) electrons. The smallest absolute Gasteiger partial charge is 0.478 e. The molecule has 0 unspecified atom stereocenters. The molecule has 0 fully saturated rings. The summed E-state index contributed by atoms with van der Waals surface area (Å²) in [5.41, 5.74) is -0.380. The van der Waals surface area contributed by atoms with Gasteiger partial charge in [0.05, 0.1) is 11.1 Å². The Bertz CT molecular complexity index is 307. The van der Waals surface area contributed by atoms with Crippen LogP contribution in [0.4, 0.5) is 0 Å². The van der Waals surface area contributed by atoms with Crippen LogP contribution in [0.15, 0.2) is 24.3 Å². The van der Waals surface area contributed by atoms with E-state index in [4.69, 9.17) is 10.2 Å². The number of carboxylic acid groups (broad SMARTS) is 2. The van der Waals surface area contributed by atoms with Gasteiger partial charge in [-0.25, -0.2) is 9.59 Å². The fourth-order valence-corrected chi connectivity index (χ4v) is 0.856. The van der Waals surface area contributed by atoms with Gasteiger partial charge in [-0.05, 0) is 12.1 Å². The molecule has 0 aliphatic rings. The van der Waals surface area contributed by atoms with E-state index in [1.807, 2.05) is 0 Å². The van der Waals surface area contributed by atoms with Crippen molar-refractivity contribution in [1.82, 2.24) is 0 Å². The zero-order chi connectivity index (χ0) is 9.14. The van der Waals surface area contributed by atoms with Crippen LogP contribution in [0.25, 0.3) is 0 Å². The van der Waals surface area contributed by atoms with E-state index in [2.05, 4.69) is 0 Å². The van der Waals surface area contributed by atoms with E-state index in [0.717, 1.165) is 0 Å². The first-order valence-electron chi connectivity index (χ1n) is 3.18. The van der Waals surface area contributed by atoms with Crippen molar-refractivity contribution in [2.45, 2.75) is 0 Å². The molecule has 0 bridgehead atoms. The number of aromatic carboxylic acids is 2. The Morgan fingerprint density at radius 1 is 1.00 bits per heavy atom. The van der Waals surface area contributed by atoms with Gasteiger partial charge in [-0.1, -0.05) is 12.1 Å². The zero-order valence-electron chi connectivity index (χ0n) is 7.73. The van der Waals surface area contributed by atoms with Crippen LogP contribution in [0.2, 0.25) is 0 Å². The van der Waals surface area contributed by atoms with Gasteiger partial charge in [-0.15, -0.1) is 0 Å². The summed E-state index contributed by atoms with van der Waals surface area (Å²) < 4.78 is 0. The van der Waals surface area contributed by atoms with Gasteiger partial charge >= 0.3 is 51.1 Å². The van der Waals surface area contributed by atoms with Crippen molar-refractivity contribution in [1.29, 1.82) is 0 Å². The minimum atomic E-state index is -1.23. The van der Waals surface area contributed by atoms with Gasteiger partial charge in [-0.2, -0.15) is 0 Å².